The maximum atomic E-state index is 11.3. The van der Waals surface area contributed by atoms with Crippen molar-refractivity contribution in [3.05, 3.63) is 46.5 Å². The fraction of sp³-hybridized carbons (Fsp3) is 0.222. The lowest BCUT2D eigenvalue weighted by Gasteiger charge is -1.98. The highest BCUT2D eigenvalue weighted by Crippen LogP contribution is 1.97. The standard InChI is InChI=1S/C9H9N3O2/c1-7-10-8(14-11-7)6-12-5-3-2-4-9(12)13/h2-5H,6H2,1H3. The first-order valence-corrected chi connectivity index (χ1v) is 4.20. The summed E-state index contributed by atoms with van der Waals surface area (Å²) < 4.78 is 6.41. The molecule has 0 amide bonds. The quantitative estimate of drug-likeness (QED) is 0.696. The molecule has 0 bridgehead atoms. The summed E-state index contributed by atoms with van der Waals surface area (Å²) in [6.45, 7) is 2.06. The number of rotatable bonds is 2. The zero-order valence-electron chi connectivity index (χ0n) is 7.67. The summed E-state index contributed by atoms with van der Waals surface area (Å²) in [5.74, 6) is 1.01. The molecule has 0 saturated carbocycles. The molecule has 2 aromatic rings. The Kier molecular flexibility index (Phi) is 2.14. The summed E-state index contributed by atoms with van der Waals surface area (Å²) in [5.41, 5.74) is -0.0802. The fourth-order valence-electron chi connectivity index (χ4n) is 1.14. The first kappa shape index (κ1) is 8.68. The van der Waals surface area contributed by atoms with Crippen molar-refractivity contribution in [3.63, 3.8) is 0 Å². The Bertz CT molecular complexity index is 487. The summed E-state index contributed by atoms with van der Waals surface area (Å²) in [5, 5.41) is 3.64. The van der Waals surface area contributed by atoms with Gasteiger partial charge < -0.3 is 9.09 Å². The molecule has 72 valence electrons. The van der Waals surface area contributed by atoms with Gasteiger partial charge in [0.05, 0.1) is 0 Å². The number of aryl methyl sites for hydroxylation is 1. The van der Waals surface area contributed by atoms with Crippen LogP contribution in [0.25, 0.3) is 0 Å². The molecule has 0 fully saturated rings. The molecule has 5 nitrogen and oxygen atoms in total. The summed E-state index contributed by atoms with van der Waals surface area (Å²) in [7, 11) is 0. The Labute approximate surface area is 80.0 Å². The fourth-order valence-corrected chi connectivity index (χ4v) is 1.14. The zero-order valence-corrected chi connectivity index (χ0v) is 7.67. The molecule has 0 saturated heterocycles. The van der Waals surface area contributed by atoms with Crippen molar-refractivity contribution < 1.29 is 4.52 Å². The van der Waals surface area contributed by atoms with Gasteiger partial charge in [-0.05, 0) is 13.0 Å². The molecule has 0 aromatic carbocycles. The second-order valence-corrected chi connectivity index (χ2v) is 2.90. The van der Waals surface area contributed by atoms with E-state index in [2.05, 4.69) is 10.1 Å². The smallest absolute Gasteiger partial charge is 0.250 e. The molecule has 2 heterocycles. The molecule has 2 aromatic heterocycles. The van der Waals surface area contributed by atoms with Gasteiger partial charge in [0.15, 0.2) is 5.82 Å². The van der Waals surface area contributed by atoms with Gasteiger partial charge in [0.2, 0.25) is 5.89 Å². The second-order valence-electron chi connectivity index (χ2n) is 2.90. The number of pyridine rings is 1. The summed E-state index contributed by atoms with van der Waals surface area (Å²) in [6, 6.07) is 4.96. The molecule has 14 heavy (non-hydrogen) atoms. The molecule has 0 spiro atoms. The average Bonchev–Trinajstić information content (AvgIpc) is 2.56. The van der Waals surface area contributed by atoms with Gasteiger partial charge in [-0.3, -0.25) is 4.79 Å². The van der Waals surface area contributed by atoms with E-state index in [4.69, 9.17) is 4.52 Å². The molecule has 0 aliphatic carbocycles. The molecule has 0 N–H and O–H groups in total. The zero-order chi connectivity index (χ0) is 9.97. The largest absolute Gasteiger partial charge is 0.337 e. The number of hydrogen-bond acceptors (Lipinski definition) is 4. The maximum Gasteiger partial charge on any atom is 0.250 e. The van der Waals surface area contributed by atoms with Gasteiger partial charge >= 0.3 is 0 Å². The predicted molar refractivity (Wildman–Crippen MR) is 48.8 cm³/mol. The van der Waals surface area contributed by atoms with Crippen molar-refractivity contribution in [3.8, 4) is 0 Å². The molecule has 0 radical (unpaired) electrons. The Morgan fingerprint density at radius 3 is 3.00 bits per heavy atom. The van der Waals surface area contributed by atoms with Crippen LogP contribution < -0.4 is 5.56 Å². The summed E-state index contributed by atoms with van der Waals surface area (Å²) in [6.07, 6.45) is 1.68. The van der Waals surface area contributed by atoms with Crippen LogP contribution in [0.4, 0.5) is 0 Å². The van der Waals surface area contributed by atoms with E-state index < -0.39 is 0 Å². The van der Waals surface area contributed by atoms with E-state index in [1.165, 1.54) is 10.6 Å². The average molecular weight is 191 g/mol. The minimum absolute atomic E-state index is 0.0802. The number of hydrogen-bond donors (Lipinski definition) is 0. The van der Waals surface area contributed by atoms with Crippen molar-refractivity contribution in [2.75, 3.05) is 0 Å². The van der Waals surface area contributed by atoms with Crippen molar-refractivity contribution in [2.24, 2.45) is 0 Å². The van der Waals surface area contributed by atoms with E-state index in [-0.39, 0.29) is 5.56 Å². The van der Waals surface area contributed by atoms with Gasteiger partial charge in [-0.2, -0.15) is 4.98 Å². The molecule has 5 heteroatoms. The van der Waals surface area contributed by atoms with Gasteiger partial charge in [0.25, 0.3) is 5.56 Å². The van der Waals surface area contributed by atoms with Crippen LogP contribution in [0, 0.1) is 6.92 Å². The Morgan fingerprint density at radius 2 is 2.36 bits per heavy atom. The highest BCUT2D eigenvalue weighted by atomic mass is 16.5. The van der Waals surface area contributed by atoms with Gasteiger partial charge in [0, 0.05) is 12.3 Å². The lowest BCUT2D eigenvalue weighted by molar-refractivity contribution is 0.366. The van der Waals surface area contributed by atoms with Gasteiger partial charge in [-0.25, -0.2) is 0 Å². The van der Waals surface area contributed by atoms with E-state index >= 15 is 0 Å². The SMILES string of the molecule is Cc1noc(Cn2ccccc2=O)n1. The molecule has 0 aliphatic heterocycles. The Morgan fingerprint density at radius 1 is 1.50 bits per heavy atom. The third-order valence-electron chi connectivity index (χ3n) is 1.77. The molecule has 0 aliphatic rings. The van der Waals surface area contributed by atoms with Gasteiger partial charge in [-0.15, -0.1) is 0 Å². The van der Waals surface area contributed by atoms with Crippen LogP contribution in [0.3, 0.4) is 0 Å². The monoisotopic (exact) mass is 191 g/mol. The maximum absolute atomic E-state index is 11.3. The van der Waals surface area contributed by atoms with Crippen molar-refractivity contribution in [1.29, 1.82) is 0 Å². The normalized spacial score (nSPS) is 10.4. The molecular weight excluding hydrogens is 182 g/mol. The molecule has 2 rings (SSSR count). The van der Waals surface area contributed by atoms with E-state index in [1.54, 1.807) is 25.3 Å². The second kappa shape index (κ2) is 3.45. The first-order chi connectivity index (χ1) is 6.75. The topological polar surface area (TPSA) is 60.9 Å². The van der Waals surface area contributed by atoms with Crippen LogP contribution in [0.1, 0.15) is 11.7 Å². The first-order valence-electron chi connectivity index (χ1n) is 4.20. The van der Waals surface area contributed by atoms with Crippen molar-refractivity contribution >= 4 is 0 Å². The van der Waals surface area contributed by atoms with E-state index in [1.807, 2.05) is 0 Å². The van der Waals surface area contributed by atoms with Crippen LogP contribution in [0.2, 0.25) is 0 Å². The Hall–Kier alpha value is -1.91. The van der Waals surface area contributed by atoms with E-state index in [9.17, 15) is 4.79 Å². The van der Waals surface area contributed by atoms with Crippen LogP contribution in [-0.2, 0) is 6.54 Å². The summed E-state index contributed by atoms with van der Waals surface area (Å²) >= 11 is 0. The Balaban J connectivity index is 2.27. The minimum atomic E-state index is -0.0802. The van der Waals surface area contributed by atoms with E-state index in [0.717, 1.165) is 0 Å². The number of aromatic nitrogens is 3. The minimum Gasteiger partial charge on any atom is -0.337 e. The predicted octanol–water partition coefficient (Wildman–Crippen LogP) is 0.588. The molecular formula is C9H9N3O2. The van der Waals surface area contributed by atoms with Crippen molar-refractivity contribution in [1.82, 2.24) is 14.7 Å². The lowest BCUT2D eigenvalue weighted by Crippen LogP contribution is -2.18. The van der Waals surface area contributed by atoms with Gasteiger partial charge in [0.1, 0.15) is 6.54 Å². The highest BCUT2D eigenvalue weighted by molar-refractivity contribution is 4.95. The van der Waals surface area contributed by atoms with E-state index in [0.29, 0.717) is 18.3 Å². The van der Waals surface area contributed by atoms with Crippen LogP contribution in [0.15, 0.2) is 33.7 Å². The lowest BCUT2D eigenvalue weighted by atomic mass is 10.4. The van der Waals surface area contributed by atoms with Gasteiger partial charge in [-0.1, -0.05) is 11.2 Å². The molecule has 0 atom stereocenters. The third-order valence-corrected chi connectivity index (χ3v) is 1.77. The van der Waals surface area contributed by atoms with Crippen LogP contribution >= 0.6 is 0 Å². The number of nitrogens with zero attached hydrogens (tertiary/aromatic N) is 3. The van der Waals surface area contributed by atoms with Crippen LogP contribution in [0.5, 0.6) is 0 Å². The van der Waals surface area contributed by atoms with Crippen molar-refractivity contribution in [2.45, 2.75) is 13.5 Å². The highest BCUT2D eigenvalue weighted by Gasteiger charge is 2.03. The third kappa shape index (κ3) is 1.71. The molecule has 0 unspecified atom stereocenters. The van der Waals surface area contributed by atoms with Crippen LogP contribution in [-0.4, -0.2) is 14.7 Å². The summed E-state index contributed by atoms with van der Waals surface area (Å²) in [4.78, 5) is 15.3.